The van der Waals surface area contributed by atoms with E-state index in [0.29, 0.717) is 0 Å². The van der Waals surface area contributed by atoms with Crippen LogP contribution in [-0.4, -0.2) is 17.5 Å². The Labute approximate surface area is 93.9 Å². The van der Waals surface area contributed by atoms with Crippen LogP contribution in [0.2, 0.25) is 0 Å². The van der Waals surface area contributed by atoms with Gasteiger partial charge in [0.25, 0.3) is 0 Å². The van der Waals surface area contributed by atoms with E-state index < -0.39 is 10.4 Å². The molecular weight excluding hydrogens is 225 g/mol. The summed E-state index contributed by atoms with van der Waals surface area (Å²) in [4.78, 5) is 0. The molecule has 0 atom stereocenters. The predicted octanol–water partition coefficient (Wildman–Crippen LogP) is -2.73. The van der Waals surface area contributed by atoms with Crippen molar-refractivity contribution in [3.05, 3.63) is 0 Å². The molecule has 0 aliphatic rings. The third-order valence-corrected chi connectivity index (χ3v) is 0. The summed E-state index contributed by atoms with van der Waals surface area (Å²) in [5.74, 6) is 0. The third kappa shape index (κ3) is 193. The average Bonchev–Trinajstić information content (AvgIpc) is 0.722. The van der Waals surface area contributed by atoms with E-state index in [1.54, 1.807) is 0 Å². The van der Waals surface area contributed by atoms with Crippen LogP contribution in [0.1, 0.15) is 0 Å². The van der Waals surface area contributed by atoms with Crippen molar-refractivity contribution in [3.8, 4) is 0 Å². The van der Waals surface area contributed by atoms with Gasteiger partial charge >= 0.3 is 29.6 Å². The summed E-state index contributed by atoms with van der Waals surface area (Å²) in [7, 11) is -4.92. The molecule has 0 aromatic rings. The maximum atomic E-state index is 8.63. The van der Waals surface area contributed by atoms with E-state index in [4.69, 9.17) is 17.5 Å². The molecule has 0 aromatic carbocycles. The Hall–Kier alpha value is 1.74. The van der Waals surface area contributed by atoms with Gasteiger partial charge in [0, 0.05) is 0 Å². The molecule has 0 aromatic heterocycles. The Morgan fingerprint density at radius 1 is 1.11 bits per heavy atom. The Balaban J connectivity index is -0.0000000133. The molecule has 0 fully saturated rings. The Kier molecular flexibility index (Phi) is 42.7. The van der Waals surface area contributed by atoms with Crippen molar-refractivity contribution in [1.29, 1.82) is 0 Å². The molecule has 0 amide bonds. The quantitative estimate of drug-likeness (QED) is 0.278. The second-order valence-electron chi connectivity index (χ2n) is 0.428. The smallest absolute Gasteiger partial charge is 0.726 e. The van der Waals surface area contributed by atoms with Crippen LogP contribution in [0, 0.1) is 0 Å². The first-order valence-electron chi connectivity index (χ1n) is 0.683. The first-order chi connectivity index (χ1) is 2.00. The molecule has 0 rings (SSSR count). The van der Waals surface area contributed by atoms with Gasteiger partial charge in [-0.3, -0.25) is 4.55 Å². The summed E-state index contributed by atoms with van der Waals surface area (Å²) in [6, 6.07) is 0. The van der Waals surface area contributed by atoms with E-state index in [2.05, 4.69) is 0 Å². The molecule has 0 saturated heterocycles. The third-order valence-electron chi connectivity index (χ3n) is 0. The van der Waals surface area contributed by atoms with Gasteiger partial charge in [-0.1, -0.05) is 0 Å². The number of halogens is 3. The number of hydrogen-bond acceptors (Lipinski definition) is 3. The summed E-state index contributed by atoms with van der Waals surface area (Å²) in [5.41, 5.74) is 0. The number of hydrogen-bond donors (Lipinski definition) is 1. The van der Waals surface area contributed by atoms with Crippen molar-refractivity contribution in [2.45, 2.75) is 0 Å². The summed E-state index contributed by atoms with van der Waals surface area (Å²) in [6.07, 6.45) is 0. The molecule has 0 heterocycles. The molecule has 1 N–H and O–H groups in total. The van der Waals surface area contributed by atoms with Crippen LogP contribution >= 0.6 is 37.2 Å². The fourth-order valence-corrected chi connectivity index (χ4v) is 0. The second-order valence-corrected chi connectivity index (χ2v) is 1.28. The average molecular weight is 229 g/mol. The molecule has 56 valence electrons. The Morgan fingerprint density at radius 3 is 1.11 bits per heavy atom. The van der Waals surface area contributed by atoms with Crippen LogP contribution < -0.4 is 29.6 Å². The normalized spacial score (nSPS) is 6.44. The van der Waals surface area contributed by atoms with Gasteiger partial charge in [-0.25, -0.2) is 8.42 Å². The van der Waals surface area contributed by atoms with Crippen LogP contribution in [0.4, 0.5) is 0 Å². The molecule has 9 heavy (non-hydrogen) atoms. The zero-order valence-electron chi connectivity index (χ0n) is 4.30. The van der Waals surface area contributed by atoms with Crippen LogP contribution in [0.3, 0.4) is 0 Å². The maximum absolute atomic E-state index is 8.63. The zero-order chi connectivity index (χ0) is 4.50. The molecule has 0 aliphatic carbocycles. The minimum atomic E-state index is -4.92. The minimum absolute atomic E-state index is 0. The topological polar surface area (TPSA) is 77.4 Å². The van der Waals surface area contributed by atoms with Gasteiger partial charge < -0.3 is 4.55 Å². The first-order valence-corrected chi connectivity index (χ1v) is 2.05. The van der Waals surface area contributed by atoms with Gasteiger partial charge in [0.1, 0.15) is 0 Å². The molecular formula is H4Cl3NaO4S. The van der Waals surface area contributed by atoms with E-state index in [0.717, 1.165) is 0 Å². The molecule has 9 heteroatoms. The van der Waals surface area contributed by atoms with Crippen molar-refractivity contribution in [3.63, 3.8) is 0 Å². The van der Waals surface area contributed by atoms with Crippen LogP contribution in [-0.2, 0) is 10.4 Å². The van der Waals surface area contributed by atoms with Gasteiger partial charge in [-0.05, 0) is 0 Å². The standard InChI is InChI=1S/3ClH.Na.H2O4S/c;;;;1-5(2,3)4/h3*1H;;(H2,1,2,3,4)/q;;;+1;/p-1. The summed E-state index contributed by atoms with van der Waals surface area (Å²) in [5, 5.41) is 0. The monoisotopic (exact) mass is 228 g/mol. The van der Waals surface area contributed by atoms with Crippen molar-refractivity contribution < 1.29 is 47.1 Å². The predicted molar refractivity (Wildman–Crippen MR) is 34.1 cm³/mol. The van der Waals surface area contributed by atoms with Crippen LogP contribution in [0.5, 0.6) is 0 Å². The molecule has 0 bridgehead atoms. The maximum Gasteiger partial charge on any atom is 1.00 e. The summed E-state index contributed by atoms with van der Waals surface area (Å²) >= 11 is 0. The van der Waals surface area contributed by atoms with Gasteiger partial charge in [0.05, 0.1) is 0 Å². The van der Waals surface area contributed by atoms with E-state index >= 15 is 0 Å². The van der Waals surface area contributed by atoms with Gasteiger partial charge in [-0.2, -0.15) is 0 Å². The van der Waals surface area contributed by atoms with Crippen molar-refractivity contribution in [1.82, 2.24) is 0 Å². The van der Waals surface area contributed by atoms with Crippen molar-refractivity contribution in [2.24, 2.45) is 0 Å². The molecule has 0 unspecified atom stereocenters. The van der Waals surface area contributed by atoms with E-state index in [-0.39, 0.29) is 66.8 Å². The van der Waals surface area contributed by atoms with E-state index in [1.807, 2.05) is 0 Å². The number of rotatable bonds is 0. The Bertz CT molecular complexity index is 99.0. The fourth-order valence-electron chi connectivity index (χ4n) is 0. The van der Waals surface area contributed by atoms with Crippen molar-refractivity contribution >= 4 is 47.6 Å². The molecule has 0 saturated carbocycles. The summed E-state index contributed by atoms with van der Waals surface area (Å²) < 4.78 is 32.8. The Morgan fingerprint density at radius 2 is 1.11 bits per heavy atom. The molecule has 0 aliphatic heterocycles. The molecule has 4 nitrogen and oxygen atoms in total. The van der Waals surface area contributed by atoms with Crippen LogP contribution in [0.15, 0.2) is 0 Å². The fraction of sp³-hybridized carbons (Fsp3) is 0. The van der Waals surface area contributed by atoms with Gasteiger partial charge in [0.2, 0.25) is 10.4 Å². The second kappa shape index (κ2) is 12.4. The zero-order valence-corrected chi connectivity index (χ0v) is 9.57. The minimum Gasteiger partial charge on any atom is -0.726 e. The van der Waals surface area contributed by atoms with Gasteiger partial charge in [0.15, 0.2) is 0 Å². The molecule has 0 radical (unpaired) electrons. The van der Waals surface area contributed by atoms with E-state index in [1.165, 1.54) is 0 Å². The molecule has 0 spiro atoms. The van der Waals surface area contributed by atoms with Crippen molar-refractivity contribution in [2.75, 3.05) is 0 Å². The summed E-state index contributed by atoms with van der Waals surface area (Å²) in [6.45, 7) is 0. The van der Waals surface area contributed by atoms with E-state index in [9.17, 15) is 0 Å². The van der Waals surface area contributed by atoms with Crippen LogP contribution in [0.25, 0.3) is 0 Å². The van der Waals surface area contributed by atoms with Gasteiger partial charge in [-0.15, -0.1) is 37.2 Å². The first kappa shape index (κ1) is 30.9. The SMILES string of the molecule is Cl.Cl.Cl.O=S(=O)([O-])O.[Na+]. The largest absolute Gasteiger partial charge is 1.00 e.